The van der Waals surface area contributed by atoms with Crippen molar-refractivity contribution < 1.29 is 4.42 Å². The van der Waals surface area contributed by atoms with E-state index in [1.54, 1.807) is 0 Å². The molecule has 0 unspecified atom stereocenters. The maximum absolute atomic E-state index is 7.11. The largest absolute Gasteiger partial charge is 0.454 e. The van der Waals surface area contributed by atoms with Gasteiger partial charge in [0.1, 0.15) is 5.58 Å². The molecule has 1 aliphatic rings. The molecule has 10 aromatic carbocycles. The number of hydrogen-bond donors (Lipinski definition) is 0. The molecule has 0 radical (unpaired) electrons. The normalized spacial score (nSPS) is 12.7. The molecule has 2 heteroatoms. The number of fused-ring (bicyclic) bond motifs is 7. The zero-order chi connectivity index (χ0) is 40.3. The van der Waals surface area contributed by atoms with Crippen molar-refractivity contribution >= 4 is 49.8 Å². The van der Waals surface area contributed by atoms with E-state index in [0.29, 0.717) is 0 Å². The average Bonchev–Trinajstić information content (AvgIpc) is 3.88. The van der Waals surface area contributed by atoms with E-state index < -0.39 is 5.41 Å². The number of para-hydroxylation sites is 2. The highest BCUT2D eigenvalue weighted by Crippen LogP contribution is 2.60. The van der Waals surface area contributed by atoms with E-state index in [1.165, 1.54) is 49.7 Å². The fourth-order valence-corrected chi connectivity index (χ4v) is 10.3. The SMILES string of the molecule is c1ccc(-c2cccc3oc4c(N(c5ccccc5-c5cccc6ccccc56)c5cccc6c5-c5ccccc5C6(c5ccccc5)c5ccccc5)cccc4c23)cc1. The van der Waals surface area contributed by atoms with Crippen molar-refractivity contribution in [2.24, 2.45) is 0 Å². The van der Waals surface area contributed by atoms with Crippen LogP contribution in [-0.2, 0) is 5.41 Å². The van der Waals surface area contributed by atoms with Gasteiger partial charge in [0.05, 0.1) is 22.5 Å². The maximum Gasteiger partial charge on any atom is 0.159 e. The van der Waals surface area contributed by atoms with Crippen LogP contribution in [0.15, 0.2) is 241 Å². The van der Waals surface area contributed by atoms with Crippen molar-refractivity contribution in [1.29, 1.82) is 0 Å². The summed E-state index contributed by atoms with van der Waals surface area (Å²) < 4.78 is 7.11. The van der Waals surface area contributed by atoms with Crippen LogP contribution in [-0.4, -0.2) is 0 Å². The summed E-state index contributed by atoms with van der Waals surface area (Å²) in [4.78, 5) is 2.48. The Morgan fingerprint density at radius 3 is 1.67 bits per heavy atom. The third-order valence-corrected chi connectivity index (χ3v) is 12.8. The van der Waals surface area contributed by atoms with Crippen molar-refractivity contribution in [2.75, 3.05) is 4.90 Å². The third-order valence-electron chi connectivity index (χ3n) is 12.8. The van der Waals surface area contributed by atoms with Gasteiger partial charge in [0.25, 0.3) is 0 Å². The van der Waals surface area contributed by atoms with Crippen LogP contribution < -0.4 is 4.90 Å². The molecule has 0 fully saturated rings. The van der Waals surface area contributed by atoms with Crippen LogP contribution >= 0.6 is 0 Å². The van der Waals surface area contributed by atoms with Gasteiger partial charge in [-0.1, -0.05) is 212 Å². The number of anilines is 3. The number of furan rings is 1. The zero-order valence-corrected chi connectivity index (χ0v) is 33.4. The number of hydrogen-bond acceptors (Lipinski definition) is 2. The Morgan fingerprint density at radius 2 is 0.869 bits per heavy atom. The highest BCUT2D eigenvalue weighted by molar-refractivity contribution is 6.17. The molecule has 0 bridgehead atoms. The van der Waals surface area contributed by atoms with Crippen molar-refractivity contribution in [3.8, 4) is 33.4 Å². The van der Waals surface area contributed by atoms with Gasteiger partial charge in [-0.3, -0.25) is 0 Å². The molecule has 2 nitrogen and oxygen atoms in total. The lowest BCUT2D eigenvalue weighted by atomic mass is 9.68. The van der Waals surface area contributed by atoms with E-state index in [-0.39, 0.29) is 0 Å². The highest BCUT2D eigenvalue weighted by Gasteiger charge is 2.47. The third kappa shape index (κ3) is 5.29. The van der Waals surface area contributed by atoms with E-state index in [4.69, 9.17) is 4.42 Å². The molecular formula is C59H39NO. The minimum Gasteiger partial charge on any atom is -0.454 e. The Balaban J connectivity index is 1.21. The van der Waals surface area contributed by atoms with Gasteiger partial charge < -0.3 is 9.32 Å². The lowest BCUT2D eigenvalue weighted by Gasteiger charge is -2.34. The Bertz CT molecular complexity index is 3380. The van der Waals surface area contributed by atoms with Crippen molar-refractivity contribution in [2.45, 2.75) is 5.41 Å². The Kier molecular flexibility index (Phi) is 8.11. The summed E-state index contributed by atoms with van der Waals surface area (Å²) in [7, 11) is 0. The van der Waals surface area contributed by atoms with Crippen molar-refractivity contribution in [1.82, 2.24) is 0 Å². The van der Waals surface area contributed by atoms with Crippen LogP contribution in [0.3, 0.4) is 0 Å². The number of nitrogens with zero attached hydrogens (tertiary/aromatic N) is 1. The molecule has 1 aromatic heterocycles. The highest BCUT2D eigenvalue weighted by atomic mass is 16.3. The zero-order valence-electron chi connectivity index (χ0n) is 33.4. The van der Waals surface area contributed by atoms with Crippen molar-refractivity contribution in [3.05, 3.63) is 259 Å². The van der Waals surface area contributed by atoms with Gasteiger partial charge in [0, 0.05) is 21.9 Å². The van der Waals surface area contributed by atoms with E-state index in [1.807, 2.05) is 0 Å². The lowest BCUT2D eigenvalue weighted by Crippen LogP contribution is -2.28. The van der Waals surface area contributed by atoms with Gasteiger partial charge in [0.2, 0.25) is 0 Å². The quantitative estimate of drug-likeness (QED) is 0.160. The monoisotopic (exact) mass is 777 g/mol. The smallest absolute Gasteiger partial charge is 0.159 e. The Labute approximate surface area is 355 Å². The molecule has 61 heavy (non-hydrogen) atoms. The molecule has 1 heterocycles. The fraction of sp³-hybridized carbons (Fsp3) is 0.0169. The van der Waals surface area contributed by atoms with E-state index in [0.717, 1.165) is 55.7 Å². The standard InChI is InChI=1S/C59H39NO/c1-4-20-41(21-5-1)45-31-18-39-55-56(45)49-33-17-38-54(58(49)61-55)60(52-36-15-13-29-47(52)46-32-16-23-40-22-10-11-28-44(40)46)53-37-19-35-51-57(53)48-30-12-14-34-50(48)59(51,42-24-6-2-7-25-42)43-26-8-3-9-27-43/h1-39H. The molecule has 0 N–H and O–H groups in total. The molecule has 0 atom stereocenters. The summed E-state index contributed by atoms with van der Waals surface area (Å²) in [6.45, 7) is 0. The van der Waals surface area contributed by atoms with E-state index >= 15 is 0 Å². The lowest BCUT2D eigenvalue weighted by molar-refractivity contribution is 0.669. The van der Waals surface area contributed by atoms with Crippen molar-refractivity contribution in [3.63, 3.8) is 0 Å². The molecule has 0 saturated heterocycles. The van der Waals surface area contributed by atoms with Crippen LogP contribution in [0.5, 0.6) is 0 Å². The second kappa shape index (κ2) is 14.1. The first-order valence-electron chi connectivity index (χ1n) is 21.0. The number of rotatable bonds is 7. The van der Waals surface area contributed by atoms with E-state index in [2.05, 4.69) is 241 Å². The van der Waals surface area contributed by atoms with Gasteiger partial charge in [-0.2, -0.15) is 0 Å². The van der Waals surface area contributed by atoms with Crippen LogP contribution in [0.4, 0.5) is 17.1 Å². The molecule has 11 aromatic rings. The van der Waals surface area contributed by atoms with Crippen LogP contribution in [0.25, 0.3) is 66.1 Å². The van der Waals surface area contributed by atoms with E-state index in [9.17, 15) is 0 Å². The van der Waals surface area contributed by atoms with Crippen LogP contribution in [0.2, 0.25) is 0 Å². The first-order valence-corrected chi connectivity index (χ1v) is 21.0. The van der Waals surface area contributed by atoms with Gasteiger partial charge in [-0.05, 0) is 79.5 Å². The summed E-state index contributed by atoms with van der Waals surface area (Å²) in [5.41, 5.74) is 16.3. The Morgan fingerprint density at radius 1 is 0.344 bits per heavy atom. The summed E-state index contributed by atoms with van der Waals surface area (Å²) in [5, 5.41) is 4.61. The second-order valence-electron chi connectivity index (χ2n) is 15.9. The summed E-state index contributed by atoms with van der Waals surface area (Å²) in [5.74, 6) is 0. The minimum absolute atomic E-state index is 0.554. The van der Waals surface area contributed by atoms with Gasteiger partial charge >= 0.3 is 0 Å². The molecule has 0 amide bonds. The minimum atomic E-state index is -0.554. The van der Waals surface area contributed by atoms with Gasteiger partial charge in [-0.15, -0.1) is 0 Å². The molecule has 1 aliphatic carbocycles. The van der Waals surface area contributed by atoms with Gasteiger partial charge in [-0.25, -0.2) is 0 Å². The fourth-order valence-electron chi connectivity index (χ4n) is 10.3. The van der Waals surface area contributed by atoms with Gasteiger partial charge in [0.15, 0.2) is 5.58 Å². The molecule has 0 spiro atoms. The van der Waals surface area contributed by atoms with Crippen LogP contribution in [0.1, 0.15) is 22.3 Å². The van der Waals surface area contributed by atoms with Crippen LogP contribution in [0, 0.1) is 0 Å². The molecule has 12 rings (SSSR count). The molecular weight excluding hydrogens is 739 g/mol. The molecule has 286 valence electrons. The predicted octanol–water partition coefficient (Wildman–Crippen LogP) is 15.9. The average molecular weight is 778 g/mol. The summed E-state index contributed by atoms with van der Waals surface area (Å²) in [6, 6.07) is 85.9. The molecule has 0 aliphatic heterocycles. The second-order valence-corrected chi connectivity index (χ2v) is 15.9. The molecule has 0 saturated carbocycles. The topological polar surface area (TPSA) is 16.4 Å². The number of benzene rings is 10. The Hall–Kier alpha value is -7.94. The predicted molar refractivity (Wildman–Crippen MR) is 254 cm³/mol. The summed E-state index contributed by atoms with van der Waals surface area (Å²) in [6.07, 6.45) is 0. The first kappa shape index (κ1) is 35.0. The maximum atomic E-state index is 7.11. The first-order chi connectivity index (χ1) is 30.3. The summed E-state index contributed by atoms with van der Waals surface area (Å²) >= 11 is 0.